The van der Waals surface area contributed by atoms with E-state index in [1.807, 2.05) is 0 Å². The average Bonchev–Trinajstić information content (AvgIpc) is 2.76. The predicted octanol–water partition coefficient (Wildman–Crippen LogP) is 4.10. The number of hydrogen-bond acceptors (Lipinski definition) is 2. The summed E-state index contributed by atoms with van der Waals surface area (Å²) in [5.41, 5.74) is 2.55. The van der Waals surface area contributed by atoms with Gasteiger partial charge < -0.3 is 0 Å². The van der Waals surface area contributed by atoms with Crippen molar-refractivity contribution in [3.8, 4) is 0 Å². The molecule has 0 amide bonds. The molecule has 1 aromatic heterocycles. The molecule has 0 spiro atoms. The molecule has 20 heavy (non-hydrogen) atoms. The second kappa shape index (κ2) is 7.08. The molecule has 114 valence electrons. The number of piperidine rings is 1. The molecule has 0 bridgehead atoms. The molecular weight excluding hydrogens is 314 g/mol. The second-order valence-corrected chi connectivity index (χ2v) is 7.03. The van der Waals surface area contributed by atoms with E-state index >= 15 is 0 Å². The Hall–Kier alpha value is -0.350. The van der Waals surface area contributed by atoms with Crippen LogP contribution in [0.15, 0.2) is 4.47 Å². The van der Waals surface area contributed by atoms with Gasteiger partial charge >= 0.3 is 0 Å². The molecule has 2 rings (SSSR count). The van der Waals surface area contributed by atoms with Crippen LogP contribution in [-0.4, -0.2) is 27.8 Å². The van der Waals surface area contributed by atoms with Crippen LogP contribution in [0.4, 0.5) is 0 Å². The second-order valence-electron chi connectivity index (χ2n) is 6.23. The highest BCUT2D eigenvalue weighted by Crippen LogP contribution is 2.28. The number of hydrogen-bond donors (Lipinski definition) is 0. The fourth-order valence-corrected chi connectivity index (χ4v) is 3.85. The van der Waals surface area contributed by atoms with Gasteiger partial charge in [0.2, 0.25) is 0 Å². The van der Waals surface area contributed by atoms with E-state index in [0.29, 0.717) is 0 Å². The van der Waals surface area contributed by atoms with Crippen molar-refractivity contribution in [1.29, 1.82) is 0 Å². The Morgan fingerprint density at radius 1 is 1.25 bits per heavy atom. The Kier molecular flexibility index (Phi) is 5.67. The van der Waals surface area contributed by atoms with Crippen molar-refractivity contribution in [2.45, 2.75) is 60.0 Å². The summed E-state index contributed by atoms with van der Waals surface area (Å²) in [4.78, 5) is 2.59. The van der Waals surface area contributed by atoms with Crippen LogP contribution in [0.1, 0.15) is 51.9 Å². The molecule has 0 unspecified atom stereocenters. The molecule has 0 atom stereocenters. The van der Waals surface area contributed by atoms with E-state index in [9.17, 15) is 0 Å². The monoisotopic (exact) mass is 341 g/mol. The first-order chi connectivity index (χ1) is 9.56. The summed E-state index contributed by atoms with van der Waals surface area (Å²) in [5, 5.41) is 4.70. The van der Waals surface area contributed by atoms with Crippen molar-refractivity contribution in [3.05, 3.63) is 15.9 Å². The molecule has 0 radical (unpaired) electrons. The van der Waals surface area contributed by atoms with Crippen molar-refractivity contribution in [2.24, 2.45) is 11.8 Å². The fourth-order valence-electron chi connectivity index (χ4n) is 3.16. The van der Waals surface area contributed by atoms with Gasteiger partial charge in [0.15, 0.2) is 0 Å². The van der Waals surface area contributed by atoms with Crippen LogP contribution in [-0.2, 0) is 19.5 Å². The van der Waals surface area contributed by atoms with E-state index in [1.54, 1.807) is 0 Å². The number of aromatic nitrogens is 2. The molecule has 3 nitrogen and oxygen atoms in total. The maximum Gasteiger partial charge on any atom is 0.0767 e. The lowest BCUT2D eigenvalue weighted by atomic mass is 9.87. The van der Waals surface area contributed by atoms with Gasteiger partial charge in [0.05, 0.1) is 15.9 Å². The van der Waals surface area contributed by atoms with Crippen molar-refractivity contribution in [3.63, 3.8) is 0 Å². The highest BCUT2D eigenvalue weighted by Gasteiger charge is 2.23. The van der Waals surface area contributed by atoms with Crippen LogP contribution < -0.4 is 0 Å². The highest BCUT2D eigenvalue weighted by atomic mass is 79.9. The molecule has 1 fully saturated rings. The van der Waals surface area contributed by atoms with Gasteiger partial charge in [0.25, 0.3) is 0 Å². The highest BCUT2D eigenvalue weighted by molar-refractivity contribution is 9.10. The van der Waals surface area contributed by atoms with Crippen LogP contribution in [0.5, 0.6) is 0 Å². The summed E-state index contributed by atoms with van der Waals surface area (Å²) in [5.74, 6) is 1.74. The molecule has 0 aliphatic carbocycles. The van der Waals surface area contributed by atoms with Crippen molar-refractivity contribution in [1.82, 2.24) is 14.7 Å². The molecule has 0 saturated carbocycles. The first kappa shape index (κ1) is 16.0. The largest absolute Gasteiger partial charge is 0.297 e. The van der Waals surface area contributed by atoms with Crippen molar-refractivity contribution in [2.75, 3.05) is 13.1 Å². The molecule has 1 aliphatic heterocycles. The summed E-state index contributed by atoms with van der Waals surface area (Å²) in [7, 11) is 0. The Morgan fingerprint density at radius 2 is 1.90 bits per heavy atom. The number of rotatable bonds is 5. The number of nitrogens with zero attached hydrogens (tertiary/aromatic N) is 3. The quantitative estimate of drug-likeness (QED) is 0.803. The lowest BCUT2D eigenvalue weighted by Gasteiger charge is -2.33. The summed E-state index contributed by atoms with van der Waals surface area (Å²) in [6, 6.07) is 0. The molecule has 1 aliphatic rings. The third-order valence-corrected chi connectivity index (χ3v) is 5.56. The van der Waals surface area contributed by atoms with E-state index < -0.39 is 0 Å². The van der Waals surface area contributed by atoms with Crippen LogP contribution in [0.25, 0.3) is 0 Å². The topological polar surface area (TPSA) is 21.1 Å². The van der Waals surface area contributed by atoms with Gasteiger partial charge in [-0.05, 0) is 67.0 Å². The summed E-state index contributed by atoms with van der Waals surface area (Å²) in [6.07, 6.45) is 3.68. The molecule has 1 saturated heterocycles. The zero-order chi connectivity index (χ0) is 14.7. The van der Waals surface area contributed by atoms with E-state index in [-0.39, 0.29) is 0 Å². The Morgan fingerprint density at radius 3 is 2.40 bits per heavy atom. The van der Waals surface area contributed by atoms with Gasteiger partial charge in [0, 0.05) is 13.1 Å². The first-order valence-electron chi connectivity index (χ1n) is 8.03. The zero-order valence-corrected chi connectivity index (χ0v) is 14.9. The smallest absolute Gasteiger partial charge is 0.0767 e. The van der Waals surface area contributed by atoms with Crippen LogP contribution >= 0.6 is 15.9 Å². The van der Waals surface area contributed by atoms with Crippen molar-refractivity contribution >= 4 is 15.9 Å². The molecule has 2 heterocycles. The van der Waals surface area contributed by atoms with Gasteiger partial charge in [-0.2, -0.15) is 5.10 Å². The molecule has 1 aromatic rings. The van der Waals surface area contributed by atoms with E-state index in [2.05, 4.69) is 53.2 Å². The molecule has 4 heteroatoms. The third kappa shape index (κ3) is 3.45. The summed E-state index contributed by atoms with van der Waals surface area (Å²) >= 11 is 3.75. The minimum Gasteiger partial charge on any atom is -0.297 e. The summed E-state index contributed by atoms with van der Waals surface area (Å²) < 4.78 is 3.39. The summed E-state index contributed by atoms with van der Waals surface area (Å²) in [6.45, 7) is 13.5. The van der Waals surface area contributed by atoms with Crippen LogP contribution in [0, 0.1) is 11.8 Å². The zero-order valence-electron chi connectivity index (χ0n) is 13.3. The standard InChI is InChI=1S/C16H28BrN3/c1-5-14-16(17)15(20(6-2)18-14)11-19-9-7-13(8-10-19)12(3)4/h12-13H,5-11H2,1-4H3. The third-order valence-electron chi connectivity index (χ3n) is 4.64. The van der Waals surface area contributed by atoms with Crippen LogP contribution in [0.2, 0.25) is 0 Å². The van der Waals surface area contributed by atoms with E-state index in [4.69, 9.17) is 5.10 Å². The molecule has 0 aromatic carbocycles. The fraction of sp³-hybridized carbons (Fsp3) is 0.812. The average molecular weight is 342 g/mol. The maximum absolute atomic E-state index is 4.70. The first-order valence-corrected chi connectivity index (χ1v) is 8.82. The number of halogens is 1. The van der Waals surface area contributed by atoms with Crippen LogP contribution in [0.3, 0.4) is 0 Å². The van der Waals surface area contributed by atoms with E-state index in [1.165, 1.54) is 41.8 Å². The lowest BCUT2D eigenvalue weighted by molar-refractivity contribution is 0.148. The van der Waals surface area contributed by atoms with E-state index in [0.717, 1.165) is 31.3 Å². The Labute approximate surface area is 131 Å². The van der Waals surface area contributed by atoms with Gasteiger partial charge in [0.1, 0.15) is 0 Å². The molecular formula is C16H28BrN3. The predicted molar refractivity (Wildman–Crippen MR) is 87.8 cm³/mol. The number of likely N-dealkylation sites (tertiary alicyclic amines) is 1. The van der Waals surface area contributed by atoms with Gasteiger partial charge in [-0.15, -0.1) is 0 Å². The van der Waals surface area contributed by atoms with Gasteiger partial charge in [-0.1, -0.05) is 20.8 Å². The van der Waals surface area contributed by atoms with Gasteiger partial charge in [-0.3, -0.25) is 9.58 Å². The minimum atomic E-state index is 0.830. The normalized spacial score (nSPS) is 18.1. The van der Waals surface area contributed by atoms with Crippen molar-refractivity contribution < 1.29 is 0 Å². The molecule has 0 N–H and O–H groups in total. The number of aryl methyl sites for hydroxylation is 2. The SMILES string of the molecule is CCc1nn(CC)c(CN2CCC(C(C)C)CC2)c1Br. The Balaban J connectivity index is 2.02. The Bertz CT molecular complexity index is 431. The maximum atomic E-state index is 4.70. The lowest BCUT2D eigenvalue weighted by Crippen LogP contribution is -2.35. The minimum absolute atomic E-state index is 0.830. The van der Waals surface area contributed by atoms with Gasteiger partial charge in [-0.25, -0.2) is 0 Å².